The first kappa shape index (κ1) is 26.8. The number of hydrogen-bond donors (Lipinski definition) is 1. The van der Waals surface area contributed by atoms with E-state index in [1.807, 2.05) is 6.07 Å². The summed E-state index contributed by atoms with van der Waals surface area (Å²) < 4.78 is 2.48. The van der Waals surface area contributed by atoms with Crippen molar-refractivity contribution < 1.29 is 0 Å². The summed E-state index contributed by atoms with van der Waals surface area (Å²) in [5, 5.41) is 6.12. The van der Waals surface area contributed by atoms with Crippen molar-refractivity contribution in [1.29, 1.82) is 0 Å². The zero-order valence-electron chi connectivity index (χ0n) is 25.5. The molecule has 0 unspecified atom stereocenters. The molecule has 1 aromatic heterocycles. The molecular weight excluding hydrogens is 520 g/mol. The van der Waals surface area contributed by atoms with Crippen LogP contribution >= 0.6 is 0 Å². The van der Waals surface area contributed by atoms with Gasteiger partial charge in [0.2, 0.25) is 0 Å². The third-order valence-electron chi connectivity index (χ3n) is 9.36. The zero-order chi connectivity index (χ0) is 29.7. The summed E-state index contributed by atoms with van der Waals surface area (Å²) in [5.74, 6) is 0. The molecule has 0 saturated carbocycles. The van der Waals surface area contributed by atoms with Gasteiger partial charge in [-0.15, -0.1) is 0 Å². The minimum absolute atomic E-state index is 1.07. The third-order valence-corrected chi connectivity index (χ3v) is 9.36. The van der Waals surface area contributed by atoms with Crippen LogP contribution in [0, 0.1) is 34.6 Å². The summed E-state index contributed by atoms with van der Waals surface area (Å²) in [6.07, 6.45) is 0. The lowest BCUT2D eigenvalue weighted by Gasteiger charge is -2.21. The molecule has 0 spiro atoms. The number of para-hydroxylation sites is 1. The third kappa shape index (κ3) is 4.60. The lowest BCUT2D eigenvalue weighted by molar-refractivity contribution is 1.07. The number of nitrogens with one attached hydrogen (secondary N) is 1. The van der Waals surface area contributed by atoms with Gasteiger partial charge in [-0.25, -0.2) is 0 Å². The first-order valence-electron chi connectivity index (χ1n) is 15.0. The van der Waals surface area contributed by atoms with Crippen LogP contribution in [0.2, 0.25) is 0 Å². The van der Waals surface area contributed by atoms with Crippen LogP contribution in [0.5, 0.6) is 0 Å². The van der Waals surface area contributed by atoms with Gasteiger partial charge in [0.1, 0.15) is 0 Å². The molecule has 7 rings (SSSR count). The zero-order valence-corrected chi connectivity index (χ0v) is 25.5. The highest BCUT2D eigenvalue weighted by atomic mass is 15.0. The van der Waals surface area contributed by atoms with E-state index in [1.54, 1.807) is 0 Å². The molecule has 6 aromatic carbocycles. The first-order valence-corrected chi connectivity index (χ1v) is 15.0. The SMILES string of the molecule is Cc1c(C)c(C)c(-n2c3ccccc3c3cc(-c4ccc(Nc5ccc(-c6ccccc6)cc5)cc4)ccc32)c(C)c1C. The molecule has 0 atom stereocenters. The maximum atomic E-state index is 3.56. The molecule has 7 aromatic rings. The molecule has 0 saturated heterocycles. The van der Waals surface area contributed by atoms with Gasteiger partial charge in [-0.1, -0.05) is 78.9 Å². The second-order valence-electron chi connectivity index (χ2n) is 11.7. The van der Waals surface area contributed by atoms with E-state index < -0.39 is 0 Å². The summed E-state index contributed by atoms with van der Waals surface area (Å²) >= 11 is 0. The molecule has 0 radical (unpaired) electrons. The first-order chi connectivity index (χ1) is 20.9. The Hall–Kier alpha value is -5.08. The van der Waals surface area contributed by atoms with Crippen molar-refractivity contribution in [2.24, 2.45) is 0 Å². The average molecular weight is 557 g/mol. The largest absolute Gasteiger partial charge is 0.356 e. The van der Waals surface area contributed by atoms with Crippen LogP contribution in [0.1, 0.15) is 27.8 Å². The fraction of sp³-hybridized carbons (Fsp3) is 0.122. The second kappa shape index (κ2) is 10.6. The molecule has 0 aliphatic rings. The number of rotatable bonds is 5. The second-order valence-corrected chi connectivity index (χ2v) is 11.7. The van der Waals surface area contributed by atoms with Crippen molar-refractivity contribution in [2.45, 2.75) is 34.6 Å². The van der Waals surface area contributed by atoms with Gasteiger partial charge >= 0.3 is 0 Å². The van der Waals surface area contributed by atoms with Gasteiger partial charge in [-0.3, -0.25) is 0 Å². The lowest BCUT2D eigenvalue weighted by Crippen LogP contribution is -2.06. The van der Waals surface area contributed by atoms with Crippen molar-refractivity contribution >= 4 is 33.2 Å². The molecule has 2 heteroatoms. The van der Waals surface area contributed by atoms with Crippen molar-refractivity contribution in [1.82, 2.24) is 4.57 Å². The highest BCUT2D eigenvalue weighted by molar-refractivity contribution is 6.10. The number of hydrogen-bond acceptors (Lipinski definition) is 1. The van der Waals surface area contributed by atoms with Crippen LogP contribution in [0.15, 0.2) is 121 Å². The maximum Gasteiger partial charge on any atom is 0.0541 e. The molecule has 0 fully saturated rings. The van der Waals surface area contributed by atoms with Crippen LogP contribution in [-0.4, -0.2) is 4.57 Å². The Morgan fingerprint density at radius 1 is 0.395 bits per heavy atom. The molecule has 210 valence electrons. The molecule has 2 nitrogen and oxygen atoms in total. The minimum atomic E-state index is 1.07. The molecule has 0 aliphatic carbocycles. The lowest BCUT2D eigenvalue weighted by atomic mass is 9.92. The summed E-state index contributed by atoms with van der Waals surface area (Å²) in [4.78, 5) is 0. The topological polar surface area (TPSA) is 17.0 Å². The molecule has 1 N–H and O–H groups in total. The Kier molecular flexibility index (Phi) is 6.63. The van der Waals surface area contributed by atoms with Gasteiger partial charge in [-0.2, -0.15) is 0 Å². The summed E-state index contributed by atoms with van der Waals surface area (Å²) in [5.41, 5.74) is 17.7. The highest BCUT2D eigenvalue weighted by Crippen LogP contribution is 2.39. The van der Waals surface area contributed by atoms with E-state index in [-0.39, 0.29) is 0 Å². The van der Waals surface area contributed by atoms with E-state index >= 15 is 0 Å². The molecule has 0 aliphatic heterocycles. The van der Waals surface area contributed by atoms with Crippen LogP contribution in [0.25, 0.3) is 49.7 Å². The maximum absolute atomic E-state index is 3.56. The van der Waals surface area contributed by atoms with E-state index in [1.165, 1.54) is 77.6 Å². The Morgan fingerprint density at radius 2 is 0.860 bits per heavy atom. The molecule has 1 heterocycles. The van der Waals surface area contributed by atoms with Crippen molar-refractivity contribution in [3.63, 3.8) is 0 Å². The number of anilines is 2. The predicted octanol–water partition coefficient (Wildman–Crippen LogP) is 11.4. The smallest absolute Gasteiger partial charge is 0.0541 e. The van der Waals surface area contributed by atoms with Crippen molar-refractivity contribution in [3.05, 3.63) is 149 Å². The molecular formula is C41H36N2. The standard InChI is InChI=1S/C41H36N2/c1-26-27(2)29(4)41(30(5)28(26)3)43-39-14-10-9-13-37(39)38-25-34(19-24-40(38)43)33-17-22-36(23-18-33)42-35-20-15-32(16-21-35)31-11-7-6-8-12-31/h6-25,42H,1-5H3. The quantitative estimate of drug-likeness (QED) is 0.223. The van der Waals surface area contributed by atoms with Gasteiger partial charge in [0, 0.05) is 22.1 Å². The number of nitrogens with zero attached hydrogens (tertiary/aromatic N) is 1. The van der Waals surface area contributed by atoms with E-state index in [0.717, 1.165) is 11.4 Å². The Bertz CT molecular complexity index is 2080. The van der Waals surface area contributed by atoms with Crippen LogP contribution in [0.3, 0.4) is 0 Å². The minimum Gasteiger partial charge on any atom is -0.356 e. The molecule has 0 amide bonds. The van der Waals surface area contributed by atoms with Gasteiger partial charge in [0.05, 0.1) is 16.7 Å². The predicted molar refractivity (Wildman–Crippen MR) is 185 cm³/mol. The Balaban J connectivity index is 1.23. The van der Waals surface area contributed by atoms with Crippen LogP contribution in [-0.2, 0) is 0 Å². The Labute approximate surface area is 254 Å². The van der Waals surface area contributed by atoms with E-state index in [4.69, 9.17) is 0 Å². The molecule has 0 bridgehead atoms. The molecule has 43 heavy (non-hydrogen) atoms. The monoisotopic (exact) mass is 556 g/mol. The average Bonchev–Trinajstić information content (AvgIpc) is 3.37. The van der Waals surface area contributed by atoms with Crippen molar-refractivity contribution in [2.75, 3.05) is 5.32 Å². The van der Waals surface area contributed by atoms with Crippen molar-refractivity contribution in [3.8, 4) is 27.9 Å². The van der Waals surface area contributed by atoms with Crippen LogP contribution in [0.4, 0.5) is 11.4 Å². The number of aromatic nitrogens is 1. The van der Waals surface area contributed by atoms with Gasteiger partial charge in [-0.05, 0) is 127 Å². The van der Waals surface area contributed by atoms with E-state index in [9.17, 15) is 0 Å². The number of fused-ring (bicyclic) bond motifs is 3. The van der Waals surface area contributed by atoms with E-state index in [0.29, 0.717) is 0 Å². The number of benzene rings is 6. The normalized spacial score (nSPS) is 11.4. The fourth-order valence-corrected chi connectivity index (χ4v) is 6.50. The van der Waals surface area contributed by atoms with Gasteiger partial charge < -0.3 is 9.88 Å². The van der Waals surface area contributed by atoms with Crippen LogP contribution < -0.4 is 5.32 Å². The summed E-state index contributed by atoms with van der Waals surface area (Å²) in [6, 6.07) is 43.6. The highest BCUT2D eigenvalue weighted by Gasteiger charge is 2.19. The summed E-state index contributed by atoms with van der Waals surface area (Å²) in [7, 11) is 0. The van der Waals surface area contributed by atoms with E-state index in [2.05, 4.69) is 160 Å². The fourth-order valence-electron chi connectivity index (χ4n) is 6.50. The Morgan fingerprint density at radius 3 is 1.49 bits per heavy atom. The van der Waals surface area contributed by atoms with Gasteiger partial charge in [0.15, 0.2) is 0 Å². The summed E-state index contributed by atoms with van der Waals surface area (Å²) in [6.45, 7) is 11.3. The van der Waals surface area contributed by atoms with Gasteiger partial charge in [0.25, 0.3) is 0 Å².